The van der Waals surface area contributed by atoms with Crippen LogP contribution in [0.5, 0.6) is 0 Å². The van der Waals surface area contributed by atoms with Gasteiger partial charge in [0.05, 0.1) is 0 Å². The van der Waals surface area contributed by atoms with Crippen LogP contribution in [-0.2, 0) is 27.6 Å². The summed E-state index contributed by atoms with van der Waals surface area (Å²) in [6.07, 6.45) is 0. The molecule has 38 valence electrons. The zero-order chi connectivity index (χ0) is 5.21. The molecule has 8 heteroatoms. The maximum absolute atomic E-state index is 9.28. The molecule has 0 aliphatic heterocycles. The van der Waals surface area contributed by atoms with Crippen molar-refractivity contribution in [1.82, 2.24) is 0 Å². The molecule has 0 atom stereocenters. The van der Waals surface area contributed by atoms with Crippen molar-refractivity contribution < 1.29 is 37.4 Å². The van der Waals surface area contributed by atoms with E-state index in [2.05, 4.69) is 3.58 Å². The summed E-state index contributed by atoms with van der Waals surface area (Å²) in [5.41, 5.74) is 0. The summed E-state index contributed by atoms with van der Waals surface area (Å²) in [6, 6.07) is 0. The first kappa shape index (κ1) is 16.9. The molecule has 0 rings (SSSR count). The largest absolute Gasteiger partial charge is 2.00 e. The third kappa shape index (κ3) is 15.8. The Morgan fingerprint density at radius 1 is 1.50 bits per heavy atom. The third-order valence-electron chi connectivity index (χ3n) is 0.224. The first-order valence-corrected chi connectivity index (χ1v) is 3.42. The molecule has 0 N–H and O–H groups in total. The molecule has 0 aliphatic rings. The summed E-state index contributed by atoms with van der Waals surface area (Å²) < 4.78 is 12.8. The summed E-state index contributed by atoms with van der Waals surface area (Å²) in [6.45, 7) is 0. The minimum atomic E-state index is -4.58. The Morgan fingerprint density at radius 3 is 1.62 bits per heavy atom. The molecule has 0 saturated carbocycles. The number of phosphoric acid groups is 1. The van der Waals surface area contributed by atoms with Crippen LogP contribution in [0.25, 0.3) is 0 Å². The van der Waals surface area contributed by atoms with E-state index in [1.165, 1.54) is 0 Å². The topological polar surface area (TPSA) is 72.4 Å². The van der Waals surface area contributed by atoms with Gasteiger partial charge in [-0.3, -0.25) is 0 Å². The van der Waals surface area contributed by atoms with Crippen molar-refractivity contribution in [3.8, 4) is 0 Å². The van der Waals surface area contributed by atoms with Gasteiger partial charge in [0.1, 0.15) is 0 Å². The van der Waals surface area contributed by atoms with Crippen molar-refractivity contribution in [2.45, 2.75) is 0 Å². The van der Waals surface area contributed by atoms with E-state index >= 15 is 0 Å². The average Bonchev–Trinajstić information content (AvgIpc) is 1.35. The predicted octanol–water partition coefficient (Wildman–Crippen LogP) is -3.00. The van der Waals surface area contributed by atoms with Crippen molar-refractivity contribution in [2.24, 2.45) is 0 Å². The van der Waals surface area contributed by atoms with E-state index in [9.17, 15) is 14.4 Å². The van der Waals surface area contributed by atoms with E-state index in [0.29, 0.717) is 0 Å². The molecule has 0 bridgehead atoms. The monoisotopic (exact) mass is 228 g/mol. The maximum atomic E-state index is 9.28. The molecule has 0 aromatic carbocycles. The van der Waals surface area contributed by atoms with Crippen LogP contribution in [0.15, 0.2) is 0 Å². The van der Waals surface area contributed by atoms with E-state index in [1.54, 1.807) is 0 Å². The number of rotatable bonds is 1. The first-order chi connectivity index (χ1) is 2.56. The third-order valence-corrected chi connectivity index (χ3v) is 2.01. The minimum absolute atomic E-state index is 0. The Kier molecular flexibility index (Phi) is 16.1. The fraction of sp³-hybridized carbons (Fsp3) is 0. The predicted molar refractivity (Wildman–Crippen MR) is 23.0 cm³/mol. The van der Waals surface area contributed by atoms with Gasteiger partial charge in [-0.2, -0.15) is 0 Å². The Bertz CT molecular complexity index is 80.1. The molecular formula is H2AlCaO4PZn. The van der Waals surface area contributed by atoms with Crippen LogP contribution in [-0.4, -0.2) is 54.4 Å². The first-order valence-electron chi connectivity index (χ1n) is 1.14. The number of hydrogen-bond acceptors (Lipinski definition) is 4. The standard InChI is InChI=1S/Al.Ca.H3O4P.Zn.2H/c;;1-5(2,3)4;;;/h;;(H3,1,2,3,4);;;/q+1;+2;;;;/p-3. The van der Waals surface area contributed by atoms with Gasteiger partial charge < -0.3 is 17.9 Å². The van der Waals surface area contributed by atoms with Gasteiger partial charge in [0, 0.05) is 27.3 Å². The van der Waals surface area contributed by atoms with Crippen LogP contribution < -0.4 is 9.79 Å². The van der Waals surface area contributed by atoms with Crippen molar-refractivity contribution in [3.05, 3.63) is 0 Å². The van der Waals surface area contributed by atoms with Gasteiger partial charge in [-0.1, -0.05) is 0 Å². The van der Waals surface area contributed by atoms with Crippen LogP contribution in [0.4, 0.5) is 0 Å². The van der Waals surface area contributed by atoms with Gasteiger partial charge >= 0.3 is 54.4 Å². The minimum Gasteiger partial charge on any atom is -0.792 e. The molecule has 4 nitrogen and oxygen atoms in total. The molecular weight excluding hydrogens is 227 g/mol. The zero-order valence-electron chi connectivity index (χ0n) is 4.49. The summed E-state index contributed by atoms with van der Waals surface area (Å²) in [5.74, 6) is 0. The SMILES string of the molecule is O=P([O-])([O-])[O][AlH2].[Ca+2].[Zn]. The van der Waals surface area contributed by atoms with Crippen molar-refractivity contribution >= 4 is 62.2 Å². The van der Waals surface area contributed by atoms with Crippen LogP contribution in [0, 0.1) is 0 Å². The Balaban J connectivity index is -0.000000125. The zero-order valence-corrected chi connectivity index (χ0v) is 12.6. The van der Waals surface area contributed by atoms with Gasteiger partial charge in [0.2, 0.25) is 0 Å². The second kappa shape index (κ2) is 7.63. The van der Waals surface area contributed by atoms with Crippen LogP contribution in [0.2, 0.25) is 0 Å². The van der Waals surface area contributed by atoms with E-state index in [-0.39, 0.29) is 73.8 Å². The Hall–Kier alpha value is 2.53. The Morgan fingerprint density at radius 2 is 1.62 bits per heavy atom. The molecule has 0 spiro atoms. The molecule has 0 aromatic rings. The molecule has 8 heavy (non-hydrogen) atoms. The van der Waals surface area contributed by atoms with E-state index < -0.39 is 7.82 Å². The number of hydrogen-bond donors (Lipinski definition) is 0. The molecule has 0 heterocycles. The van der Waals surface area contributed by atoms with E-state index in [0.717, 1.165) is 0 Å². The molecule has 0 saturated heterocycles. The van der Waals surface area contributed by atoms with Crippen LogP contribution in [0.3, 0.4) is 0 Å². The molecule has 0 aromatic heterocycles. The fourth-order valence-corrected chi connectivity index (χ4v) is 0. The average molecular weight is 229 g/mol. The normalized spacial score (nSPS) is 8.75. The molecule has 0 aliphatic carbocycles. The second-order valence-electron chi connectivity index (χ2n) is 0.630. The summed E-state index contributed by atoms with van der Waals surface area (Å²) >= 11 is -0.0401. The molecule has 0 unspecified atom stereocenters. The molecule has 0 fully saturated rings. The summed E-state index contributed by atoms with van der Waals surface area (Å²) in [4.78, 5) is 18.6. The second-order valence-corrected chi connectivity index (χ2v) is 2.98. The maximum Gasteiger partial charge on any atom is 2.00 e. The summed E-state index contributed by atoms with van der Waals surface area (Å²) in [7, 11) is -4.58. The van der Waals surface area contributed by atoms with Crippen LogP contribution >= 0.6 is 7.82 Å². The van der Waals surface area contributed by atoms with Gasteiger partial charge in [-0.15, -0.1) is 0 Å². The van der Waals surface area contributed by atoms with Gasteiger partial charge in [-0.25, -0.2) is 0 Å². The van der Waals surface area contributed by atoms with Gasteiger partial charge in [0.15, 0.2) is 0 Å². The summed E-state index contributed by atoms with van der Waals surface area (Å²) in [5, 5.41) is 0. The molecule has 0 amide bonds. The van der Waals surface area contributed by atoms with Crippen molar-refractivity contribution in [3.63, 3.8) is 0 Å². The van der Waals surface area contributed by atoms with E-state index in [4.69, 9.17) is 0 Å². The van der Waals surface area contributed by atoms with E-state index in [1.807, 2.05) is 0 Å². The quantitative estimate of drug-likeness (QED) is 0.355. The van der Waals surface area contributed by atoms with Crippen molar-refractivity contribution in [2.75, 3.05) is 0 Å². The van der Waals surface area contributed by atoms with Gasteiger partial charge in [-0.05, 0) is 0 Å². The molecule has 0 radical (unpaired) electrons. The van der Waals surface area contributed by atoms with Gasteiger partial charge in [0.25, 0.3) is 0 Å². The smallest absolute Gasteiger partial charge is 0.792 e. The fourth-order valence-electron chi connectivity index (χ4n) is 0. The van der Waals surface area contributed by atoms with Crippen molar-refractivity contribution in [1.29, 1.82) is 0 Å². The van der Waals surface area contributed by atoms with Crippen LogP contribution in [0.1, 0.15) is 0 Å². The Labute approximate surface area is 98.1 Å².